The van der Waals surface area contributed by atoms with Crippen LogP contribution in [0.2, 0.25) is 5.02 Å². The van der Waals surface area contributed by atoms with Crippen LogP contribution in [0.4, 0.5) is 5.69 Å². The minimum absolute atomic E-state index is 0.0184. The lowest BCUT2D eigenvalue weighted by Crippen LogP contribution is -2.46. The average molecular weight is 859 g/mol. The summed E-state index contributed by atoms with van der Waals surface area (Å²) in [5, 5.41) is 23.5. The van der Waals surface area contributed by atoms with E-state index in [2.05, 4.69) is 31.3 Å². The van der Waals surface area contributed by atoms with Crippen molar-refractivity contribution in [3.8, 4) is 11.1 Å². The lowest BCUT2D eigenvalue weighted by Gasteiger charge is -2.33. The summed E-state index contributed by atoms with van der Waals surface area (Å²) in [6.07, 6.45) is 7.35. The van der Waals surface area contributed by atoms with Crippen LogP contribution in [0.15, 0.2) is 95.0 Å². The zero-order valence-electron chi connectivity index (χ0n) is 33.3. The molecule has 3 aromatic carbocycles. The number of carbonyl (C=O) groups is 2. The number of H-pyrrole nitrogens is 1. The van der Waals surface area contributed by atoms with Gasteiger partial charge in [-0.25, -0.2) is 8.42 Å². The Kier molecular flexibility index (Phi) is 10.6. The second-order valence-corrected chi connectivity index (χ2v) is 18.0. The Balaban J connectivity index is 1.14. The molecule has 1 aliphatic carbocycles. The van der Waals surface area contributed by atoms with Crippen LogP contribution in [0.1, 0.15) is 68.8 Å². The number of fused-ring (bicyclic) bond motifs is 4. The molecule has 1 aliphatic heterocycles. The number of carbonyl (C=O) groups excluding carboxylic acids is 2. The molecule has 304 valence electrons. The molecule has 0 bridgehead atoms. The maximum Gasteiger partial charge on any atom is 0.308 e. The molecule has 16 heteroatoms. The second kappa shape index (κ2) is 15.7. The quantitative estimate of drug-likeness (QED) is 0.115. The summed E-state index contributed by atoms with van der Waals surface area (Å²) in [5.41, 5.74) is 5.21. The molecule has 1 unspecified atom stereocenters. The Morgan fingerprint density at radius 1 is 1.08 bits per heavy atom. The Morgan fingerprint density at radius 3 is 2.55 bits per heavy atom. The van der Waals surface area contributed by atoms with E-state index >= 15 is 4.79 Å². The fourth-order valence-electron chi connectivity index (χ4n) is 7.79. The van der Waals surface area contributed by atoms with Gasteiger partial charge in [0.15, 0.2) is 5.82 Å². The zero-order valence-corrected chi connectivity index (χ0v) is 35.6. The second-order valence-electron chi connectivity index (χ2n) is 14.8. The van der Waals surface area contributed by atoms with E-state index in [1.807, 2.05) is 74.8 Å². The molecule has 2 atom stereocenters. The van der Waals surface area contributed by atoms with Crippen molar-refractivity contribution < 1.29 is 22.7 Å². The van der Waals surface area contributed by atoms with E-state index < -0.39 is 27.4 Å². The Labute approximate surface area is 355 Å². The highest BCUT2D eigenvalue weighted by molar-refractivity contribution is 7.92. The standard InChI is InChI=1S/C44H39ClN8O5S2/c1-24-10-15-34(39-37(24)30(21-46)23-47-39)52-60(56,57)31-13-11-28(12-14-31)22-48-43(55)44(18-16-29(17-19-44)32-8-6-7-9-33(32)45)40-38-25(2)26(3)59-42(38)53-27(4)50-51-41(53)35(49-40)20-36(54)58-5/h6-18,23,35,47,52H,19-20,22H2,1-5H3,(H,48,55)/t35-,44?/m0/s1. The number of hydrogen-bond donors (Lipinski definition) is 3. The van der Waals surface area contributed by atoms with Crippen LogP contribution in [0.25, 0.3) is 21.5 Å². The average Bonchev–Trinajstić information content (AvgIpc) is 3.92. The van der Waals surface area contributed by atoms with Crippen LogP contribution in [0, 0.1) is 44.4 Å². The number of nitrogens with one attached hydrogen (secondary N) is 3. The summed E-state index contributed by atoms with van der Waals surface area (Å²) in [6.45, 7) is 7.78. The summed E-state index contributed by atoms with van der Waals surface area (Å²) in [7, 11) is -2.71. The minimum atomic E-state index is -4.03. The molecule has 3 aromatic heterocycles. The number of amides is 1. The summed E-state index contributed by atoms with van der Waals surface area (Å²) >= 11 is 8.17. The molecule has 4 heterocycles. The van der Waals surface area contributed by atoms with Crippen molar-refractivity contribution in [2.75, 3.05) is 11.8 Å². The topological polar surface area (TPSA) is 184 Å². The Hall–Kier alpha value is -6.34. The number of hydrogen-bond acceptors (Lipinski definition) is 10. The smallest absolute Gasteiger partial charge is 0.308 e. The van der Waals surface area contributed by atoms with Gasteiger partial charge in [-0.3, -0.25) is 23.9 Å². The number of halogens is 1. The molecule has 2 aliphatic rings. The number of nitrogens with zero attached hydrogens (tertiary/aromatic N) is 5. The maximum absolute atomic E-state index is 15.0. The molecule has 0 fully saturated rings. The summed E-state index contributed by atoms with van der Waals surface area (Å²) in [6, 6.07) is 18.5. The Bertz CT molecular complexity index is 2990. The number of esters is 1. The van der Waals surface area contributed by atoms with E-state index in [-0.39, 0.29) is 30.2 Å². The van der Waals surface area contributed by atoms with Gasteiger partial charge >= 0.3 is 5.97 Å². The minimum Gasteiger partial charge on any atom is -0.469 e. The summed E-state index contributed by atoms with van der Waals surface area (Å²) in [5.74, 6) is 0.242. The molecule has 0 radical (unpaired) electrons. The SMILES string of the molecule is COC(=O)C[C@@H]1N=C(C2(C(=O)NCc3ccc(S(=O)(=O)Nc4ccc(C)c5c(C#N)c[nH]c45)cc3)C=CC(c3ccccc3Cl)=CC2)c2c(sc(C)c2C)-n2c(C)nnc21. The fraction of sp³-hybridized carbons (Fsp3) is 0.227. The number of allylic oxidation sites excluding steroid dienone is 3. The van der Waals surface area contributed by atoms with Crippen LogP contribution < -0.4 is 10.0 Å². The van der Waals surface area contributed by atoms with Crippen molar-refractivity contribution in [1.29, 1.82) is 5.26 Å². The lowest BCUT2D eigenvalue weighted by atomic mass is 9.71. The number of aromatic amines is 1. The number of aliphatic imine (C=N–C) groups is 1. The summed E-state index contributed by atoms with van der Waals surface area (Å²) < 4.78 is 36.8. The number of benzene rings is 3. The first-order chi connectivity index (χ1) is 28.8. The van der Waals surface area contributed by atoms with Gasteiger partial charge in [-0.2, -0.15) is 5.26 Å². The van der Waals surface area contributed by atoms with E-state index in [4.69, 9.17) is 21.3 Å². The molecular weight excluding hydrogens is 820 g/mol. The van der Waals surface area contributed by atoms with Crippen molar-refractivity contribution in [2.24, 2.45) is 10.4 Å². The predicted octanol–water partition coefficient (Wildman–Crippen LogP) is 8.12. The van der Waals surface area contributed by atoms with Gasteiger partial charge in [-0.1, -0.05) is 66.2 Å². The van der Waals surface area contributed by atoms with Crippen LogP contribution in [0.5, 0.6) is 0 Å². The first kappa shape index (κ1) is 40.4. The van der Waals surface area contributed by atoms with Crippen LogP contribution in [-0.4, -0.2) is 52.9 Å². The van der Waals surface area contributed by atoms with Gasteiger partial charge in [0.2, 0.25) is 5.91 Å². The first-order valence-electron chi connectivity index (χ1n) is 19.0. The Morgan fingerprint density at radius 2 is 1.85 bits per heavy atom. The van der Waals surface area contributed by atoms with E-state index in [9.17, 15) is 18.5 Å². The number of aryl methyl sites for hydroxylation is 3. The van der Waals surface area contributed by atoms with Crippen LogP contribution in [0.3, 0.4) is 0 Å². The summed E-state index contributed by atoms with van der Waals surface area (Å²) in [4.78, 5) is 37.2. The van der Waals surface area contributed by atoms with Gasteiger partial charge in [0.25, 0.3) is 10.0 Å². The van der Waals surface area contributed by atoms with Gasteiger partial charge in [0, 0.05) is 33.6 Å². The third kappa shape index (κ3) is 7.00. The molecule has 1 amide bonds. The number of anilines is 1. The van der Waals surface area contributed by atoms with Gasteiger partial charge in [0.1, 0.15) is 28.4 Å². The van der Waals surface area contributed by atoms with E-state index in [1.54, 1.807) is 41.8 Å². The number of ether oxygens (including phenoxy) is 1. The number of nitriles is 1. The molecule has 0 saturated heterocycles. The number of methoxy groups -OCH3 is 1. The number of rotatable bonds is 10. The molecule has 60 heavy (non-hydrogen) atoms. The first-order valence-corrected chi connectivity index (χ1v) is 21.7. The molecule has 3 N–H and O–H groups in total. The van der Waals surface area contributed by atoms with Crippen LogP contribution >= 0.6 is 22.9 Å². The van der Waals surface area contributed by atoms with Crippen molar-refractivity contribution in [1.82, 2.24) is 25.1 Å². The van der Waals surface area contributed by atoms with Gasteiger partial charge in [-0.15, -0.1) is 21.5 Å². The predicted molar refractivity (Wildman–Crippen MR) is 232 cm³/mol. The molecule has 0 spiro atoms. The van der Waals surface area contributed by atoms with Crippen molar-refractivity contribution in [3.05, 3.63) is 140 Å². The number of sulfonamides is 1. The van der Waals surface area contributed by atoms with E-state index in [0.29, 0.717) is 50.1 Å². The van der Waals surface area contributed by atoms with Gasteiger partial charge in [0.05, 0.1) is 40.9 Å². The number of thiophene rings is 1. The van der Waals surface area contributed by atoms with E-state index in [1.165, 1.54) is 19.2 Å². The zero-order chi connectivity index (χ0) is 42.5. The monoisotopic (exact) mass is 858 g/mol. The fourth-order valence-corrected chi connectivity index (χ4v) is 10.3. The van der Waals surface area contributed by atoms with Gasteiger partial charge in [-0.05, 0) is 86.2 Å². The molecule has 6 aromatic rings. The lowest BCUT2D eigenvalue weighted by molar-refractivity contribution is -0.141. The van der Waals surface area contributed by atoms with Crippen molar-refractivity contribution in [2.45, 2.75) is 58.0 Å². The van der Waals surface area contributed by atoms with Crippen molar-refractivity contribution in [3.63, 3.8) is 0 Å². The van der Waals surface area contributed by atoms with Crippen LogP contribution in [-0.2, 0) is 30.9 Å². The third-order valence-electron chi connectivity index (χ3n) is 11.1. The number of aromatic nitrogens is 4. The van der Waals surface area contributed by atoms with E-state index in [0.717, 1.165) is 37.7 Å². The largest absolute Gasteiger partial charge is 0.469 e. The molecular formula is C44H39ClN8O5S2. The molecule has 0 saturated carbocycles. The highest BCUT2D eigenvalue weighted by Gasteiger charge is 2.47. The van der Waals surface area contributed by atoms with Crippen molar-refractivity contribution >= 4 is 72.7 Å². The molecule has 13 nitrogen and oxygen atoms in total. The van der Waals surface area contributed by atoms with Gasteiger partial charge < -0.3 is 15.0 Å². The third-order valence-corrected chi connectivity index (χ3v) is 14.0. The maximum atomic E-state index is 15.0. The highest BCUT2D eigenvalue weighted by Crippen LogP contribution is 2.46. The normalized spacial score (nSPS) is 17.2. The molecule has 8 rings (SSSR count). The highest BCUT2D eigenvalue weighted by atomic mass is 35.5.